The van der Waals surface area contributed by atoms with Crippen LogP contribution in [0.3, 0.4) is 0 Å². The first-order valence-corrected chi connectivity index (χ1v) is 6.52. The van der Waals surface area contributed by atoms with Gasteiger partial charge in [-0.1, -0.05) is 36.4 Å². The van der Waals surface area contributed by atoms with E-state index < -0.39 is 17.6 Å². The fraction of sp³-hybridized carbons (Fsp3) is 0.250. The molecule has 2 N–H and O–H groups in total. The number of alkyl halides is 3. The number of rotatable bonds is 4. The molecule has 0 saturated carbocycles. The van der Waals surface area contributed by atoms with Gasteiger partial charge in [0.15, 0.2) is 0 Å². The third kappa shape index (κ3) is 3.82. The Morgan fingerprint density at radius 2 is 1.67 bits per heavy atom. The Morgan fingerprint density at radius 1 is 1.00 bits per heavy atom. The SMILES string of the molecule is NCC(Cc1ccc(C(F)(F)F)c(F)c1)c1ccccc1. The second-order valence-electron chi connectivity index (χ2n) is 4.86. The number of hydrogen-bond donors (Lipinski definition) is 1. The zero-order chi connectivity index (χ0) is 15.5. The summed E-state index contributed by atoms with van der Waals surface area (Å²) >= 11 is 0. The van der Waals surface area contributed by atoms with Crippen LogP contribution in [0, 0.1) is 5.82 Å². The second-order valence-corrected chi connectivity index (χ2v) is 4.86. The van der Waals surface area contributed by atoms with E-state index >= 15 is 0 Å². The van der Waals surface area contributed by atoms with Gasteiger partial charge >= 0.3 is 6.18 Å². The van der Waals surface area contributed by atoms with Crippen molar-refractivity contribution in [3.63, 3.8) is 0 Å². The van der Waals surface area contributed by atoms with E-state index in [1.54, 1.807) is 0 Å². The zero-order valence-electron chi connectivity index (χ0n) is 11.2. The highest BCUT2D eigenvalue weighted by molar-refractivity contribution is 5.29. The fourth-order valence-corrected chi connectivity index (χ4v) is 2.26. The largest absolute Gasteiger partial charge is 0.419 e. The van der Waals surface area contributed by atoms with Crippen molar-refractivity contribution < 1.29 is 17.6 Å². The molecule has 0 aliphatic heterocycles. The van der Waals surface area contributed by atoms with Crippen molar-refractivity contribution in [1.29, 1.82) is 0 Å². The van der Waals surface area contributed by atoms with Gasteiger partial charge in [0.05, 0.1) is 5.56 Å². The van der Waals surface area contributed by atoms with Gasteiger partial charge in [0, 0.05) is 5.92 Å². The smallest absolute Gasteiger partial charge is 0.330 e. The van der Waals surface area contributed by atoms with Gasteiger partial charge in [-0.3, -0.25) is 0 Å². The summed E-state index contributed by atoms with van der Waals surface area (Å²) in [5.41, 5.74) is 5.96. The van der Waals surface area contributed by atoms with Gasteiger partial charge < -0.3 is 5.73 Å². The van der Waals surface area contributed by atoms with Crippen molar-refractivity contribution in [1.82, 2.24) is 0 Å². The van der Waals surface area contributed by atoms with E-state index in [9.17, 15) is 17.6 Å². The maximum Gasteiger partial charge on any atom is 0.419 e. The lowest BCUT2D eigenvalue weighted by atomic mass is 9.91. The Morgan fingerprint density at radius 3 is 2.19 bits per heavy atom. The van der Waals surface area contributed by atoms with Crippen molar-refractivity contribution in [3.05, 3.63) is 71.0 Å². The Labute approximate surface area is 120 Å². The molecule has 0 amide bonds. The van der Waals surface area contributed by atoms with Crippen LogP contribution in [0.5, 0.6) is 0 Å². The summed E-state index contributed by atoms with van der Waals surface area (Å²) < 4.78 is 51.1. The molecule has 0 spiro atoms. The van der Waals surface area contributed by atoms with Gasteiger partial charge in [-0.15, -0.1) is 0 Å². The highest BCUT2D eigenvalue weighted by Crippen LogP contribution is 2.32. The minimum atomic E-state index is -4.67. The molecular formula is C16H15F4N. The molecule has 2 rings (SSSR count). The van der Waals surface area contributed by atoms with Crippen LogP contribution < -0.4 is 5.73 Å². The molecule has 5 heteroatoms. The van der Waals surface area contributed by atoms with Gasteiger partial charge in [0.2, 0.25) is 0 Å². The molecular weight excluding hydrogens is 282 g/mol. The van der Waals surface area contributed by atoms with Crippen LogP contribution in [0.25, 0.3) is 0 Å². The van der Waals surface area contributed by atoms with Crippen LogP contribution >= 0.6 is 0 Å². The second kappa shape index (κ2) is 6.26. The molecule has 0 aromatic heterocycles. The van der Waals surface area contributed by atoms with E-state index in [0.29, 0.717) is 18.5 Å². The summed E-state index contributed by atoms with van der Waals surface area (Å²) in [6.07, 6.45) is -4.27. The summed E-state index contributed by atoms with van der Waals surface area (Å²) in [5.74, 6) is -1.30. The maximum absolute atomic E-state index is 13.6. The minimum absolute atomic E-state index is 0.0534. The predicted octanol–water partition coefficient (Wildman–Crippen LogP) is 4.13. The monoisotopic (exact) mass is 297 g/mol. The molecule has 0 aliphatic carbocycles. The molecule has 2 aromatic rings. The molecule has 2 aromatic carbocycles. The van der Waals surface area contributed by atoms with Crippen LogP contribution in [-0.2, 0) is 12.6 Å². The van der Waals surface area contributed by atoms with E-state index in [1.165, 1.54) is 6.07 Å². The van der Waals surface area contributed by atoms with E-state index in [1.807, 2.05) is 30.3 Å². The van der Waals surface area contributed by atoms with Crippen molar-refractivity contribution in [2.24, 2.45) is 5.73 Å². The van der Waals surface area contributed by atoms with Gasteiger partial charge in [-0.25, -0.2) is 4.39 Å². The highest BCUT2D eigenvalue weighted by Gasteiger charge is 2.33. The molecule has 1 nitrogen and oxygen atoms in total. The summed E-state index contributed by atoms with van der Waals surface area (Å²) in [5, 5.41) is 0. The topological polar surface area (TPSA) is 26.0 Å². The lowest BCUT2D eigenvalue weighted by Gasteiger charge is -2.16. The lowest BCUT2D eigenvalue weighted by molar-refractivity contribution is -0.140. The Balaban J connectivity index is 2.21. The molecule has 0 saturated heterocycles. The number of nitrogens with two attached hydrogens (primary N) is 1. The van der Waals surface area contributed by atoms with Crippen LogP contribution in [0.15, 0.2) is 48.5 Å². The van der Waals surface area contributed by atoms with Crippen molar-refractivity contribution >= 4 is 0 Å². The number of halogens is 4. The number of benzene rings is 2. The van der Waals surface area contributed by atoms with E-state index in [-0.39, 0.29) is 5.92 Å². The van der Waals surface area contributed by atoms with Crippen LogP contribution in [-0.4, -0.2) is 6.54 Å². The van der Waals surface area contributed by atoms with Crippen LogP contribution in [0.1, 0.15) is 22.6 Å². The summed E-state index contributed by atoms with van der Waals surface area (Å²) in [7, 11) is 0. The Kier molecular flexibility index (Phi) is 4.63. The first-order chi connectivity index (χ1) is 9.91. The molecule has 112 valence electrons. The molecule has 0 radical (unpaired) electrons. The average Bonchev–Trinajstić information content (AvgIpc) is 2.44. The molecule has 0 heterocycles. The van der Waals surface area contributed by atoms with Gasteiger partial charge in [-0.2, -0.15) is 13.2 Å². The molecule has 0 aliphatic rings. The van der Waals surface area contributed by atoms with Crippen LogP contribution in [0.4, 0.5) is 17.6 Å². The van der Waals surface area contributed by atoms with Crippen molar-refractivity contribution in [3.8, 4) is 0 Å². The van der Waals surface area contributed by atoms with E-state index in [0.717, 1.165) is 17.7 Å². The fourth-order valence-electron chi connectivity index (χ4n) is 2.26. The Hall–Kier alpha value is -1.88. The normalized spacial score (nSPS) is 13.2. The average molecular weight is 297 g/mol. The number of hydrogen-bond acceptors (Lipinski definition) is 1. The molecule has 1 unspecified atom stereocenters. The van der Waals surface area contributed by atoms with E-state index in [2.05, 4.69) is 0 Å². The summed E-state index contributed by atoms with van der Waals surface area (Å²) in [6.45, 7) is 0.340. The quantitative estimate of drug-likeness (QED) is 0.844. The first-order valence-electron chi connectivity index (χ1n) is 6.52. The van der Waals surface area contributed by atoms with Crippen molar-refractivity contribution in [2.45, 2.75) is 18.5 Å². The molecule has 1 atom stereocenters. The first kappa shape index (κ1) is 15.5. The Bertz CT molecular complexity index is 593. The maximum atomic E-state index is 13.6. The molecule has 21 heavy (non-hydrogen) atoms. The van der Waals surface area contributed by atoms with Gasteiger partial charge in [0.25, 0.3) is 0 Å². The van der Waals surface area contributed by atoms with Gasteiger partial charge in [0.1, 0.15) is 5.82 Å². The third-order valence-corrected chi connectivity index (χ3v) is 3.38. The standard InChI is InChI=1S/C16H15F4N/c17-15-9-11(6-7-14(15)16(18,19)20)8-13(10-21)12-4-2-1-3-5-12/h1-7,9,13H,8,10,21H2. The minimum Gasteiger partial charge on any atom is -0.330 e. The summed E-state index contributed by atoms with van der Waals surface area (Å²) in [6, 6.07) is 12.4. The predicted molar refractivity (Wildman–Crippen MR) is 73.3 cm³/mol. The lowest BCUT2D eigenvalue weighted by Crippen LogP contribution is -2.15. The van der Waals surface area contributed by atoms with Gasteiger partial charge in [-0.05, 0) is 36.2 Å². The molecule has 0 bridgehead atoms. The highest BCUT2D eigenvalue weighted by atomic mass is 19.4. The zero-order valence-corrected chi connectivity index (χ0v) is 11.2. The van der Waals surface area contributed by atoms with E-state index in [4.69, 9.17) is 5.73 Å². The van der Waals surface area contributed by atoms with Crippen molar-refractivity contribution in [2.75, 3.05) is 6.54 Å². The summed E-state index contributed by atoms with van der Waals surface area (Å²) in [4.78, 5) is 0. The molecule has 0 fully saturated rings. The third-order valence-electron chi connectivity index (χ3n) is 3.38. The van der Waals surface area contributed by atoms with Crippen LogP contribution in [0.2, 0.25) is 0 Å².